The van der Waals surface area contributed by atoms with Crippen LogP contribution >= 0.6 is 15.9 Å². The molecule has 1 aromatic heterocycles. The summed E-state index contributed by atoms with van der Waals surface area (Å²) in [5.41, 5.74) is 3.00. The van der Waals surface area contributed by atoms with E-state index in [1.807, 2.05) is 19.1 Å². The van der Waals surface area contributed by atoms with Crippen molar-refractivity contribution in [3.05, 3.63) is 28.4 Å². The van der Waals surface area contributed by atoms with Crippen molar-refractivity contribution in [2.24, 2.45) is 5.92 Å². The fourth-order valence-electron chi connectivity index (χ4n) is 3.05. The van der Waals surface area contributed by atoms with E-state index in [1.54, 1.807) is 0 Å². The second kappa shape index (κ2) is 5.60. The van der Waals surface area contributed by atoms with Crippen LogP contribution in [0, 0.1) is 12.8 Å². The fraction of sp³-hybridized carbons (Fsp3) is 0.438. The molecule has 0 radical (unpaired) electrons. The van der Waals surface area contributed by atoms with E-state index in [0.29, 0.717) is 0 Å². The Balaban J connectivity index is 1.88. The summed E-state index contributed by atoms with van der Waals surface area (Å²) in [4.78, 5) is 15.7. The Labute approximate surface area is 127 Å². The number of hydrogen-bond acceptors (Lipinski definition) is 1. The van der Waals surface area contributed by atoms with E-state index >= 15 is 0 Å². The third-order valence-electron chi connectivity index (χ3n) is 4.17. The zero-order valence-corrected chi connectivity index (χ0v) is 13.2. The lowest BCUT2D eigenvalue weighted by atomic mass is 9.88. The van der Waals surface area contributed by atoms with Gasteiger partial charge in [0.25, 0.3) is 0 Å². The fourth-order valence-corrected chi connectivity index (χ4v) is 3.41. The van der Waals surface area contributed by atoms with E-state index in [-0.39, 0.29) is 11.8 Å². The van der Waals surface area contributed by atoms with Crippen molar-refractivity contribution in [1.82, 2.24) is 4.98 Å². The number of rotatable bonds is 2. The van der Waals surface area contributed by atoms with E-state index in [1.165, 1.54) is 19.3 Å². The van der Waals surface area contributed by atoms with E-state index < -0.39 is 0 Å². The number of H-pyrrole nitrogens is 1. The molecule has 1 heterocycles. The van der Waals surface area contributed by atoms with Crippen molar-refractivity contribution in [3.8, 4) is 0 Å². The zero-order valence-electron chi connectivity index (χ0n) is 11.6. The van der Waals surface area contributed by atoms with Gasteiger partial charge in [0.05, 0.1) is 5.69 Å². The lowest BCUT2D eigenvalue weighted by Gasteiger charge is -2.20. The van der Waals surface area contributed by atoms with Gasteiger partial charge < -0.3 is 10.3 Å². The minimum Gasteiger partial charge on any atom is -0.357 e. The Morgan fingerprint density at radius 3 is 2.80 bits per heavy atom. The predicted molar refractivity (Wildman–Crippen MR) is 85.9 cm³/mol. The molecule has 3 rings (SSSR count). The number of nitrogens with one attached hydrogen (secondary N) is 2. The van der Waals surface area contributed by atoms with Gasteiger partial charge in [-0.15, -0.1) is 0 Å². The minimum absolute atomic E-state index is 0.175. The van der Waals surface area contributed by atoms with E-state index in [2.05, 4.69) is 32.3 Å². The Bertz CT molecular complexity index is 641. The third kappa shape index (κ3) is 2.62. The normalized spacial score (nSPS) is 16.5. The highest BCUT2D eigenvalue weighted by atomic mass is 79.9. The van der Waals surface area contributed by atoms with Crippen LogP contribution in [0.5, 0.6) is 0 Å². The molecule has 0 bridgehead atoms. The summed E-state index contributed by atoms with van der Waals surface area (Å²) in [5.74, 6) is 0.355. The number of halogens is 1. The highest BCUT2D eigenvalue weighted by Gasteiger charge is 2.22. The second-order valence-corrected chi connectivity index (χ2v) is 6.55. The number of aryl methyl sites for hydroxylation is 1. The van der Waals surface area contributed by atoms with Crippen LogP contribution in [-0.2, 0) is 4.79 Å². The van der Waals surface area contributed by atoms with Crippen LogP contribution in [0.25, 0.3) is 10.9 Å². The molecular weight excluding hydrogens is 316 g/mol. The van der Waals surface area contributed by atoms with Crippen LogP contribution in [0.1, 0.15) is 37.8 Å². The smallest absolute Gasteiger partial charge is 0.227 e. The highest BCUT2D eigenvalue weighted by Crippen LogP contribution is 2.31. The molecule has 4 heteroatoms. The number of carbonyl (C=O) groups is 1. The molecule has 1 saturated carbocycles. The quantitative estimate of drug-likeness (QED) is 0.817. The first kappa shape index (κ1) is 13.7. The molecule has 0 spiro atoms. The van der Waals surface area contributed by atoms with Crippen LogP contribution in [-0.4, -0.2) is 10.9 Å². The molecule has 0 saturated heterocycles. The van der Waals surface area contributed by atoms with Gasteiger partial charge in [-0.3, -0.25) is 4.79 Å². The summed E-state index contributed by atoms with van der Waals surface area (Å²) >= 11 is 3.49. The molecular formula is C16H19BrN2O. The van der Waals surface area contributed by atoms with Gasteiger partial charge in [0.2, 0.25) is 5.91 Å². The van der Waals surface area contributed by atoms with E-state index in [0.717, 1.165) is 39.6 Å². The van der Waals surface area contributed by atoms with Crippen molar-refractivity contribution in [3.63, 3.8) is 0 Å². The molecule has 0 atom stereocenters. The number of benzene rings is 1. The number of amides is 1. The van der Waals surface area contributed by atoms with Gasteiger partial charge in [0, 0.05) is 27.0 Å². The maximum atomic E-state index is 12.4. The van der Waals surface area contributed by atoms with Gasteiger partial charge in [-0.05, 0) is 38.0 Å². The Morgan fingerprint density at radius 1 is 1.30 bits per heavy atom. The molecule has 1 amide bonds. The van der Waals surface area contributed by atoms with Gasteiger partial charge in [-0.2, -0.15) is 0 Å². The third-order valence-corrected chi connectivity index (χ3v) is 4.67. The molecule has 1 aliphatic rings. The molecule has 0 unspecified atom stereocenters. The van der Waals surface area contributed by atoms with Gasteiger partial charge in [0.15, 0.2) is 0 Å². The average molecular weight is 335 g/mol. The summed E-state index contributed by atoms with van der Waals surface area (Å²) in [6, 6.07) is 6.09. The minimum atomic E-state index is 0.175. The Kier molecular flexibility index (Phi) is 3.83. The summed E-state index contributed by atoms with van der Waals surface area (Å²) in [6.45, 7) is 2.00. The Hall–Kier alpha value is -1.29. The predicted octanol–water partition coefficient (Wildman–Crippen LogP) is 4.76. The lowest BCUT2D eigenvalue weighted by Crippen LogP contribution is -2.24. The van der Waals surface area contributed by atoms with Crippen LogP contribution in [0.2, 0.25) is 0 Å². The first-order chi connectivity index (χ1) is 9.65. The number of anilines is 1. The molecule has 1 aliphatic carbocycles. The zero-order chi connectivity index (χ0) is 14.1. The maximum Gasteiger partial charge on any atom is 0.227 e. The van der Waals surface area contributed by atoms with Crippen molar-refractivity contribution in [2.75, 3.05) is 5.32 Å². The molecule has 106 valence electrons. The summed E-state index contributed by atoms with van der Waals surface area (Å²) in [5, 5.41) is 4.21. The summed E-state index contributed by atoms with van der Waals surface area (Å²) in [6.07, 6.45) is 5.67. The summed E-state index contributed by atoms with van der Waals surface area (Å²) in [7, 11) is 0. The first-order valence-electron chi connectivity index (χ1n) is 7.24. The second-order valence-electron chi connectivity index (χ2n) is 5.64. The maximum absolute atomic E-state index is 12.4. The number of aromatic amines is 1. The molecule has 20 heavy (non-hydrogen) atoms. The van der Waals surface area contributed by atoms with Crippen molar-refractivity contribution >= 4 is 38.4 Å². The highest BCUT2D eigenvalue weighted by molar-refractivity contribution is 9.10. The average Bonchev–Trinajstić information content (AvgIpc) is 2.76. The van der Waals surface area contributed by atoms with E-state index in [4.69, 9.17) is 0 Å². The van der Waals surface area contributed by atoms with Crippen LogP contribution in [0.3, 0.4) is 0 Å². The molecule has 0 aliphatic heterocycles. The van der Waals surface area contributed by atoms with Crippen molar-refractivity contribution in [1.29, 1.82) is 0 Å². The number of fused-ring (bicyclic) bond motifs is 1. The number of aromatic nitrogens is 1. The lowest BCUT2D eigenvalue weighted by molar-refractivity contribution is -0.120. The largest absolute Gasteiger partial charge is 0.357 e. The van der Waals surface area contributed by atoms with E-state index in [9.17, 15) is 4.79 Å². The summed E-state index contributed by atoms with van der Waals surface area (Å²) < 4.78 is 1.03. The van der Waals surface area contributed by atoms with Crippen molar-refractivity contribution < 1.29 is 4.79 Å². The molecule has 1 aromatic carbocycles. The topological polar surface area (TPSA) is 44.9 Å². The van der Waals surface area contributed by atoms with Gasteiger partial charge >= 0.3 is 0 Å². The molecule has 3 nitrogen and oxygen atoms in total. The van der Waals surface area contributed by atoms with Gasteiger partial charge in [-0.25, -0.2) is 0 Å². The number of carbonyl (C=O) groups excluding carboxylic acids is 1. The monoisotopic (exact) mass is 334 g/mol. The van der Waals surface area contributed by atoms with Crippen LogP contribution < -0.4 is 5.32 Å². The molecule has 2 aromatic rings. The molecule has 1 fully saturated rings. The standard InChI is InChI=1S/C16H19BrN2O/c1-10-15(13-9-12(17)7-8-14(13)18-10)19-16(20)11-5-3-2-4-6-11/h7-9,11,18H,2-6H2,1H3,(H,19,20). The number of hydrogen-bond donors (Lipinski definition) is 2. The Morgan fingerprint density at radius 2 is 2.05 bits per heavy atom. The molecule has 2 N–H and O–H groups in total. The van der Waals surface area contributed by atoms with Gasteiger partial charge in [0.1, 0.15) is 0 Å². The van der Waals surface area contributed by atoms with Gasteiger partial charge in [-0.1, -0.05) is 35.2 Å². The van der Waals surface area contributed by atoms with Crippen LogP contribution in [0.4, 0.5) is 5.69 Å². The SMILES string of the molecule is Cc1[nH]c2ccc(Br)cc2c1NC(=O)C1CCCCC1. The van der Waals surface area contributed by atoms with Crippen molar-refractivity contribution in [2.45, 2.75) is 39.0 Å². The van der Waals surface area contributed by atoms with Crippen LogP contribution in [0.15, 0.2) is 22.7 Å². The first-order valence-corrected chi connectivity index (χ1v) is 8.03.